The van der Waals surface area contributed by atoms with Crippen molar-refractivity contribution in [3.63, 3.8) is 0 Å². The fourth-order valence-electron chi connectivity index (χ4n) is 2.40. The van der Waals surface area contributed by atoms with Crippen LogP contribution >= 0.6 is 11.3 Å². The predicted molar refractivity (Wildman–Crippen MR) is 97.8 cm³/mol. The second-order valence-corrected chi connectivity index (χ2v) is 6.45. The van der Waals surface area contributed by atoms with E-state index in [2.05, 4.69) is 4.98 Å². The molecule has 0 saturated heterocycles. The van der Waals surface area contributed by atoms with Gasteiger partial charge in [-0.25, -0.2) is 9.78 Å². The Morgan fingerprint density at radius 1 is 1.31 bits per heavy atom. The molecule has 1 unspecified atom stereocenters. The molecule has 0 fully saturated rings. The molecule has 0 amide bonds. The van der Waals surface area contributed by atoms with E-state index in [0.717, 1.165) is 0 Å². The SMILES string of the molecule is CCOC(=O)c1ccc(OCC(O)Cn2cnc3sccc3c2=O)cc1. The summed E-state index contributed by atoms with van der Waals surface area (Å²) in [7, 11) is 0. The van der Waals surface area contributed by atoms with Crippen molar-refractivity contribution in [3.8, 4) is 5.75 Å². The molecule has 136 valence electrons. The van der Waals surface area contributed by atoms with Gasteiger partial charge in [0.05, 0.1) is 30.4 Å². The third kappa shape index (κ3) is 4.09. The first-order valence-corrected chi connectivity index (χ1v) is 8.97. The normalized spacial score (nSPS) is 12.1. The third-order valence-electron chi connectivity index (χ3n) is 3.67. The largest absolute Gasteiger partial charge is 0.491 e. The molecule has 26 heavy (non-hydrogen) atoms. The van der Waals surface area contributed by atoms with Gasteiger partial charge >= 0.3 is 5.97 Å². The molecule has 2 aromatic heterocycles. The van der Waals surface area contributed by atoms with Crippen LogP contribution in [0.4, 0.5) is 0 Å². The van der Waals surface area contributed by atoms with Crippen LogP contribution < -0.4 is 10.3 Å². The lowest BCUT2D eigenvalue weighted by Gasteiger charge is -2.14. The number of carbonyl (C=O) groups excluding carboxylic acids is 1. The number of aromatic nitrogens is 2. The van der Waals surface area contributed by atoms with Gasteiger partial charge in [-0.2, -0.15) is 0 Å². The average Bonchev–Trinajstić information content (AvgIpc) is 3.12. The van der Waals surface area contributed by atoms with Crippen LogP contribution in [-0.2, 0) is 11.3 Å². The first-order valence-electron chi connectivity index (χ1n) is 8.09. The first kappa shape index (κ1) is 18.1. The molecule has 1 aromatic carbocycles. The van der Waals surface area contributed by atoms with Crippen molar-refractivity contribution in [2.45, 2.75) is 19.6 Å². The minimum absolute atomic E-state index is 0.00681. The van der Waals surface area contributed by atoms with Gasteiger partial charge in [-0.1, -0.05) is 0 Å². The van der Waals surface area contributed by atoms with E-state index >= 15 is 0 Å². The molecule has 0 saturated carbocycles. The van der Waals surface area contributed by atoms with E-state index in [0.29, 0.717) is 28.1 Å². The number of thiophene rings is 1. The van der Waals surface area contributed by atoms with Crippen LogP contribution in [0.2, 0.25) is 0 Å². The van der Waals surface area contributed by atoms with E-state index < -0.39 is 12.1 Å². The highest BCUT2D eigenvalue weighted by molar-refractivity contribution is 7.16. The number of aliphatic hydroxyl groups is 1. The summed E-state index contributed by atoms with van der Waals surface area (Å²) in [5.74, 6) is 0.116. The zero-order valence-corrected chi connectivity index (χ0v) is 14.9. The van der Waals surface area contributed by atoms with Crippen LogP contribution in [0.5, 0.6) is 5.75 Å². The minimum Gasteiger partial charge on any atom is -0.491 e. The molecule has 8 heteroatoms. The molecule has 7 nitrogen and oxygen atoms in total. The van der Waals surface area contributed by atoms with Gasteiger partial charge in [0.2, 0.25) is 0 Å². The highest BCUT2D eigenvalue weighted by Gasteiger charge is 2.11. The van der Waals surface area contributed by atoms with Crippen molar-refractivity contribution >= 4 is 27.5 Å². The second kappa shape index (κ2) is 8.11. The summed E-state index contributed by atoms with van der Waals surface area (Å²) in [6.45, 7) is 2.15. The number of esters is 1. The molecule has 0 radical (unpaired) electrons. The summed E-state index contributed by atoms with van der Waals surface area (Å²) in [5, 5.41) is 12.5. The first-order chi connectivity index (χ1) is 12.6. The summed E-state index contributed by atoms with van der Waals surface area (Å²) in [5.41, 5.74) is 0.246. The maximum absolute atomic E-state index is 12.3. The van der Waals surface area contributed by atoms with Gasteiger partial charge in [0.25, 0.3) is 5.56 Å². The molecule has 0 spiro atoms. The highest BCUT2D eigenvalue weighted by Crippen LogP contribution is 2.15. The van der Waals surface area contributed by atoms with Gasteiger partial charge in [-0.3, -0.25) is 9.36 Å². The number of fused-ring (bicyclic) bond motifs is 1. The van der Waals surface area contributed by atoms with Crippen LogP contribution in [0.1, 0.15) is 17.3 Å². The topological polar surface area (TPSA) is 90.7 Å². The average molecular weight is 374 g/mol. The standard InChI is InChI=1S/C18H18N2O5S/c1-2-24-18(23)12-3-5-14(6-4-12)25-10-13(21)9-20-11-19-16-15(17(20)22)7-8-26-16/h3-8,11,13,21H,2,9-10H2,1H3. The zero-order chi connectivity index (χ0) is 18.5. The van der Waals surface area contributed by atoms with E-state index in [1.807, 2.05) is 5.38 Å². The molecule has 0 aliphatic carbocycles. The highest BCUT2D eigenvalue weighted by atomic mass is 32.1. The Morgan fingerprint density at radius 2 is 2.08 bits per heavy atom. The van der Waals surface area contributed by atoms with Crippen LogP contribution in [0.25, 0.3) is 10.2 Å². The summed E-state index contributed by atoms with van der Waals surface area (Å²) >= 11 is 1.40. The molecule has 3 rings (SSSR count). The van der Waals surface area contributed by atoms with Crippen molar-refractivity contribution in [2.24, 2.45) is 0 Å². The van der Waals surface area contributed by atoms with Gasteiger partial charge in [-0.15, -0.1) is 11.3 Å². The second-order valence-electron chi connectivity index (χ2n) is 5.55. The van der Waals surface area contributed by atoms with Crippen molar-refractivity contribution in [1.82, 2.24) is 9.55 Å². The van der Waals surface area contributed by atoms with Crippen molar-refractivity contribution in [1.29, 1.82) is 0 Å². The molecule has 3 aromatic rings. The lowest BCUT2D eigenvalue weighted by atomic mass is 10.2. The van der Waals surface area contributed by atoms with E-state index in [1.54, 1.807) is 37.3 Å². The van der Waals surface area contributed by atoms with E-state index in [9.17, 15) is 14.7 Å². The Morgan fingerprint density at radius 3 is 2.81 bits per heavy atom. The number of nitrogens with zero attached hydrogens (tertiary/aromatic N) is 2. The number of ether oxygens (including phenoxy) is 2. The molecule has 0 aliphatic rings. The monoisotopic (exact) mass is 374 g/mol. The predicted octanol–water partition coefficient (Wildman–Crippen LogP) is 2.07. The Kier molecular flexibility index (Phi) is 5.65. The number of hydrogen-bond donors (Lipinski definition) is 1. The molecule has 1 atom stereocenters. The van der Waals surface area contributed by atoms with E-state index in [4.69, 9.17) is 9.47 Å². The number of aliphatic hydroxyl groups excluding tert-OH is 1. The maximum Gasteiger partial charge on any atom is 0.338 e. The Labute approximate surface area is 153 Å². The van der Waals surface area contributed by atoms with Gasteiger partial charge in [0.15, 0.2) is 0 Å². The summed E-state index contributed by atoms with van der Waals surface area (Å²) in [6, 6.07) is 8.17. The number of carbonyl (C=O) groups is 1. The number of rotatable bonds is 7. The maximum atomic E-state index is 12.3. The van der Waals surface area contributed by atoms with Crippen molar-refractivity contribution < 1.29 is 19.4 Å². The van der Waals surface area contributed by atoms with Crippen LogP contribution in [-0.4, -0.2) is 39.9 Å². The van der Waals surface area contributed by atoms with Gasteiger partial charge in [0, 0.05) is 0 Å². The molecule has 0 bridgehead atoms. The Balaban J connectivity index is 1.58. The number of benzene rings is 1. The third-order valence-corrected chi connectivity index (χ3v) is 4.49. The van der Waals surface area contributed by atoms with Crippen LogP contribution in [0, 0.1) is 0 Å². The molecular formula is C18H18N2O5S. The Bertz CT molecular complexity index is 948. The fourth-order valence-corrected chi connectivity index (χ4v) is 3.12. The summed E-state index contributed by atoms with van der Waals surface area (Å²) < 4.78 is 11.8. The van der Waals surface area contributed by atoms with Crippen LogP contribution in [0.15, 0.2) is 46.8 Å². The zero-order valence-electron chi connectivity index (χ0n) is 14.1. The minimum atomic E-state index is -0.879. The van der Waals surface area contributed by atoms with E-state index in [-0.39, 0.29) is 18.7 Å². The van der Waals surface area contributed by atoms with Gasteiger partial charge < -0.3 is 14.6 Å². The summed E-state index contributed by atoms with van der Waals surface area (Å²) in [4.78, 5) is 28.8. The van der Waals surface area contributed by atoms with Crippen molar-refractivity contribution in [2.75, 3.05) is 13.2 Å². The molecule has 1 N–H and O–H groups in total. The molecule has 2 heterocycles. The fraction of sp³-hybridized carbons (Fsp3) is 0.278. The van der Waals surface area contributed by atoms with Gasteiger partial charge in [0.1, 0.15) is 23.3 Å². The van der Waals surface area contributed by atoms with Crippen molar-refractivity contribution in [3.05, 3.63) is 58.0 Å². The van der Waals surface area contributed by atoms with Crippen LogP contribution in [0.3, 0.4) is 0 Å². The molecular weight excluding hydrogens is 356 g/mol. The lowest BCUT2D eigenvalue weighted by Crippen LogP contribution is -2.30. The smallest absolute Gasteiger partial charge is 0.338 e. The number of hydrogen-bond acceptors (Lipinski definition) is 7. The molecule has 0 aliphatic heterocycles. The van der Waals surface area contributed by atoms with E-state index in [1.165, 1.54) is 22.2 Å². The summed E-state index contributed by atoms with van der Waals surface area (Å²) in [6.07, 6.45) is 0.550. The quantitative estimate of drug-likeness (QED) is 0.637. The Hall–Kier alpha value is -2.71. The van der Waals surface area contributed by atoms with Gasteiger partial charge in [-0.05, 0) is 42.6 Å². The lowest BCUT2D eigenvalue weighted by molar-refractivity contribution is 0.0526.